The van der Waals surface area contributed by atoms with Crippen molar-refractivity contribution in [3.8, 4) is 0 Å². The summed E-state index contributed by atoms with van der Waals surface area (Å²) in [6.45, 7) is 3.13. The van der Waals surface area contributed by atoms with Crippen LogP contribution in [0.1, 0.15) is 23.4 Å². The summed E-state index contributed by atoms with van der Waals surface area (Å²) in [6, 6.07) is 3.13. The van der Waals surface area contributed by atoms with Gasteiger partial charge in [0, 0.05) is 19.1 Å². The second-order valence-electron chi connectivity index (χ2n) is 4.97. The Morgan fingerprint density at radius 1 is 1.53 bits per heavy atom. The Labute approximate surface area is 117 Å². The van der Waals surface area contributed by atoms with Gasteiger partial charge in [0.1, 0.15) is 0 Å². The first kappa shape index (κ1) is 14.4. The van der Waals surface area contributed by atoms with Gasteiger partial charge >= 0.3 is 0 Å². The van der Waals surface area contributed by atoms with E-state index in [9.17, 15) is 4.79 Å². The highest BCUT2D eigenvalue weighted by Crippen LogP contribution is 2.28. The lowest BCUT2D eigenvalue weighted by Crippen LogP contribution is -2.47. The maximum absolute atomic E-state index is 11.9. The summed E-state index contributed by atoms with van der Waals surface area (Å²) in [5, 5.41) is 6.45. The third-order valence-corrected chi connectivity index (χ3v) is 3.74. The number of carbonyl (C=O) groups excluding carboxylic acids is 1. The summed E-state index contributed by atoms with van der Waals surface area (Å²) in [4.78, 5) is 11.9. The maximum Gasteiger partial charge on any atom is 0.287 e. The van der Waals surface area contributed by atoms with Gasteiger partial charge in [-0.1, -0.05) is 0 Å². The molecule has 0 bridgehead atoms. The summed E-state index contributed by atoms with van der Waals surface area (Å²) in [7, 11) is 1.69. The molecule has 0 unspecified atom stereocenters. The first-order valence-corrected chi connectivity index (χ1v) is 6.76. The van der Waals surface area contributed by atoms with Gasteiger partial charge in [-0.15, -0.1) is 0 Å². The van der Waals surface area contributed by atoms with Crippen molar-refractivity contribution in [3.63, 3.8) is 0 Å². The molecule has 0 spiro atoms. The number of nitrogens with one attached hydrogen (secondary N) is 2. The fourth-order valence-electron chi connectivity index (χ4n) is 2.43. The maximum atomic E-state index is 11.9. The molecule has 0 aliphatic carbocycles. The third-order valence-electron chi connectivity index (χ3n) is 3.54. The Bertz CT molecular complexity index is 422. The van der Waals surface area contributed by atoms with Crippen molar-refractivity contribution in [2.45, 2.75) is 12.8 Å². The molecule has 6 heteroatoms. The van der Waals surface area contributed by atoms with Gasteiger partial charge in [-0.3, -0.25) is 4.79 Å². The van der Waals surface area contributed by atoms with Crippen LogP contribution in [0.15, 0.2) is 16.5 Å². The van der Waals surface area contributed by atoms with E-state index in [-0.39, 0.29) is 22.3 Å². The lowest BCUT2D eigenvalue weighted by molar-refractivity contribution is 0.0506. The molecule has 1 aromatic heterocycles. The fraction of sp³-hybridized carbons (Fsp3) is 0.615. The number of halogens is 1. The molecule has 19 heavy (non-hydrogen) atoms. The Morgan fingerprint density at radius 3 is 2.84 bits per heavy atom. The minimum absolute atomic E-state index is 0.00600. The van der Waals surface area contributed by atoms with Gasteiger partial charge in [0.05, 0.1) is 6.61 Å². The molecule has 1 aliphatic rings. The number of amides is 1. The minimum atomic E-state index is -0.235. The van der Waals surface area contributed by atoms with E-state index < -0.39 is 0 Å². The Morgan fingerprint density at radius 2 is 2.26 bits per heavy atom. The lowest BCUT2D eigenvalue weighted by Gasteiger charge is -2.37. The van der Waals surface area contributed by atoms with Crippen LogP contribution in [0.2, 0.25) is 5.22 Å². The molecule has 2 heterocycles. The van der Waals surface area contributed by atoms with E-state index in [0.717, 1.165) is 25.9 Å². The zero-order valence-corrected chi connectivity index (χ0v) is 11.8. The number of piperidine rings is 1. The molecule has 1 fully saturated rings. The van der Waals surface area contributed by atoms with E-state index in [1.54, 1.807) is 19.2 Å². The van der Waals surface area contributed by atoms with Gasteiger partial charge in [-0.05, 0) is 49.7 Å². The fourth-order valence-corrected chi connectivity index (χ4v) is 2.57. The molecule has 2 rings (SSSR count). The number of furan rings is 1. The van der Waals surface area contributed by atoms with Crippen LogP contribution >= 0.6 is 11.6 Å². The lowest BCUT2D eigenvalue weighted by atomic mass is 9.79. The second kappa shape index (κ2) is 6.41. The molecule has 1 aromatic rings. The summed E-state index contributed by atoms with van der Waals surface area (Å²) in [6.07, 6.45) is 1.97. The normalized spacial score (nSPS) is 18.2. The first-order chi connectivity index (χ1) is 9.15. The molecule has 1 saturated heterocycles. The molecule has 0 saturated carbocycles. The quantitative estimate of drug-likeness (QED) is 0.864. The summed E-state index contributed by atoms with van der Waals surface area (Å²) < 4.78 is 10.4. The van der Waals surface area contributed by atoms with Crippen LogP contribution in [0, 0.1) is 5.41 Å². The van der Waals surface area contributed by atoms with Crippen LogP contribution in [0.3, 0.4) is 0 Å². The van der Waals surface area contributed by atoms with Gasteiger partial charge in [0.2, 0.25) is 0 Å². The van der Waals surface area contributed by atoms with Crippen molar-refractivity contribution < 1.29 is 13.9 Å². The third kappa shape index (κ3) is 3.72. The van der Waals surface area contributed by atoms with E-state index in [1.807, 2.05) is 0 Å². The number of hydrogen-bond donors (Lipinski definition) is 2. The van der Waals surface area contributed by atoms with Crippen molar-refractivity contribution in [1.82, 2.24) is 10.6 Å². The smallest absolute Gasteiger partial charge is 0.287 e. The summed E-state index contributed by atoms with van der Waals surface area (Å²) in [5.41, 5.74) is 0.00600. The molecule has 2 N–H and O–H groups in total. The number of rotatable bonds is 5. The van der Waals surface area contributed by atoms with Gasteiger partial charge in [0.15, 0.2) is 11.0 Å². The second-order valence-corrected chi connectivity index (χ2v) is 5.34. The van der Waals surface area contributed by atoms with Gasteiger partial charge in [-0.2, -0.15) is 0 Å². The predicted molar refractivity (Wildman–Crippen MR) is 72.5 cm³/mol. The van der Waals surface area contributed by atoms with Crippen LogP contribution in [0.25, 0.3) is 0 Å². The highest BCUT2D eigenvalue weighted by Gasteiger charge is 2.32. The Kier molecular flexibility index (Phi) is 4.85. The standard InChI is InChI=1S/C13H19ClN2O3/c1-18-9-13(4-6-15-7-5-13)8-16-12(17)10-2-3-11(14)19-10/h2-3,15H,4-9H2,1H3,(H,16,17). The van der Waals surface area contributed by atoms with E-state index in [1.165, 1.54) is 0 Å². The van der Waals surface area contributed by atoms with E-state index in [0.29, 0.717) is 13.2 Å². The van der Waals surface area contributed by atoms with Gasteiger partial charge < -0.3 is 19.8 Å². The van der Waals surface area contributed by atoms with Crippen LogP contribution in [-0.4, -0.2) is 39.3 Å². The number of ether oxygens (including phenoxy) is 1. The van der Waals surface area contributed by atoms with Crippen LogP contribution in [-0.2, 0) is 4.74 Å². The summed E-state index contributed by atoms with van der Waals surface area (Å²) >= 11 is 5.66. The summed E-state index contributed by atoms with van der Waals surface area (Å²) in [5.74, 6) is 0.00686. The van der Waals surface area contributed by atoms with Crippen LogP contribution in [0.5, 0.6) is 0 Å². The van der Waals surface area contributed by atoms with Crippen molar-refractivity contribution in [2.75, 3.05) is 33.4 Å². The average molecular weight is 287 g/mol. The van der Waals surface area contributed by atoms with Gasteiger partial charge in [0.25, 0.3) is 5.91 Å². The monoisotopic (exact) mass is 286 g/mol. The zero-order valence-electron chi connectivity index (χ0n) is 11.0. The molecular formula is C13H19ClN2O3. The number of methoxy groups -OCH3 is 1. The zero-order chi connectivity index (χ0) is 13.7. The van der Waals surface area contributed by atoms with Crippen LogP contribution in [0.4, 0.5) is 0 Å². The molecule has 106 valence electrons. The first-order valence-electron chi connectivity index (χ1n) is 6.38. The molecular weight excluding hydrogens is 268 g/mol. The average Bonchev–Trinajstić information content (AvgIpc) is 2.84. The van der Waals surface area contributed by atoms with Crippen molar-refractivity contribution in [2.24, 2.45) is 5.41 Å². The SMILES string of the molecule is COCC1(CNC(=O)c2ccc(Cl)o2)CCNCC1. The molecule has 5 nitrogen and oxygen atoms in total. The highest BCUT2D eigenvalue weighted by atomic mass is 35.5. The number of carbonyl (C=O) groups is 1. The molecule has 1 aliphatic heterocycles. The Hall–Kier alpha value is -1.04. The molecule has 1 amide bonds. The van der Waals surface area contributed by atoms with Crippen molar-refractivity contribution >= 4 is 17.5 Å². The van der Waals surface area contributed by atoms with Crippen molar-refractivity contribution in [1.29, 1.82) is 0 Å². The van der Waals surface area contributed by atoms with Crippen LogP contribution < -0.4 is 10.6 Å². The topological polar surface area (TPSA) is 63.5 Å². The van der Waals surface area contributed by atoms with E-state index in [4.69, 9.17) is 20.8 Å². The predicted octanol–water partition coefficient (Wildman–Crippen LogP) is 1.68. The van der Waals surface area contributed by atoms with E-state index in [2.05, 4.69) is 10.6 Å². The molecule has 0 radical (unpaired) electrons. The molecule has 0 atom stereocenters. The van der Waals surface area contributed by atoms with Gasteiger partial charge in [-0.25, -0.2) is 0 Å². The number of hydrogen-bond acceptors (Lipinski definition) is 4. The van der Waals surface area contributed by atoms with E-state index >= 15 is 0 Å². The molecule has 0 aromatic carbocycles. The highest BCUT2D eigenvalue weighted by molar-refractivity contribution is 6.29. The minimum Gasteiger partial charge on any atom is -0.440 e. The Balaban J connectivity index is 1.93. The largest absolute Gasteiger partial charge is 0.440 e. The van der Waals surface area contributed by atoms with Crippen molar-refractivity contribution in [3.05, 3.63) is 23.1 Å².